The van der Waals surface area contributed by atoms with E-state index in [0.717, 1.165) is 51.4 Å². The van der Waals surface area contributed by atoms with E-state index in [1.54, 1.807) is 7.11 Å². The molecule has 0 radical (unpaired) electrons. The highest BCUT2D eigenvalue weighted by Crippen LogP contribution is 2.49. The molecule has 0 bridgehead atoms. The third-order valence-corrected chi connectivity index (χ3v) is 6.18. The van der Waals surface area contributed by atoms with Gasteiger partial charge in [-0.15, -0.1) is 0 Å². The zero-order chi connectivity index (χ0) is 15.4. The van der Waals surface area contributed by atoms with Crippen molar-refractivity contribution in [3.8, 4) is 0 Å². The van der Waals surface area contributed by atoms with E-state index in [1.807, 2.05) is 0 Å². The van der Waals surface area contributed by atoms with Crippen molar-refractivity contribution in [1.82, 2.24) is 10.6 Å². The van der Waals surface area contributed by atoms with E-state index in [1.165, 1.54) is 32.1 Å². The molecule has 1 heterocycles. The Bertz CT molecular complexity index is 368. The number of amides is 1. The van der Waals surface area contributed by atoms with E-state index < -0.39 is 0 Å². The lowest BCUT2D eigenvalue weighted by atomic mass is 9.79. The van der Waals surface area contributed by atoms with Crippen molar-refractivity contribution in [2.75, 3.05) is 33.4 Å². The summed E-state index contributed by atoms with van der Waals surface area (Å²) >= 11 is 0. The van der Waals surface area contributed by atoms with Crippen LogP contribution < -0.4 is 10.6 Å². The Morgan fingerprint density at radius 3 is 2.64 bits per heavy atom. The molecule has 3 fully saturated rings. The number of piperidine rings is 1. The Labute approximate surface area is 134 Å². The number of nitrogens with one attached hydrogen (secondary N) is 2. The van der Waals surface area contributed by atoms with Gasteiger partial charge < -0.3 is 15.4 Å². The molecule has 1 saturated heterocycles. The van der Waals surface area contributed by atoms with Gasteiger partial charge in [0.1, 0.15) is 0 Å². The second-order valence-electron chi connectivity index (χ2n) is 7.80. The third kappa shape index (κ3) is 3.83. The smallest absolute Gasteiger partial charge is 0.223 e. The molecule has 0 aromatic carbocycles. The Morgan fingerprint density at radius 2 is 1.95 bits per heavy atom. The monoisotopic (exact) mass is 308 g/mol. The lowest BCUT2D eigenvalue weighted by Gasteiger charge is -2.37. The van der Waals surface area contributed by atoms with E-state index in [4.69, 9.17) is 4.74 Å². The molecule has 4 nitrogen and oxygen atoms in total. The molecular formula is C18H32N2O2. The summed E-state index contributed by atoms with van der Waals surface area (Å²) in [6.07, 6.45) is 10.2. The molecule has 126 valence electrons. The first-order valence-electron chi connectivity index (χ1n) is 9.21. The molecule has 2 N–H and O–H groups in total. The van der Waals surface area contributed by atoms with E-state index >= 15 is 0 Å². The summed E-state index contributed by atoms with van der Waals surface area (Å²) in [4.78, 5) is 12.5. The van der Waals surface area contributed by atoms with Crippen LogP contribution in [0.1, 0.15) is 51.4 Å². The number of methoxy groups -OCH3 is 1. The molecule has 0 spiro atoms. The topological polar surface area (TPSA) is 50.4 Å². The number of ether oxygens (including phenoxy) is 1. The van der Waals surface area contributed by atoms with Crippen LogP contribution in [0.3, 0.4) is 0 Å². The van der Waals surface area contributed by atoms with Gasteiger partial charge in [-0.3, -0.25) is 4.79 Å². The summed E-state index contributed by atoms with van der Waals surface area (Å²) < 4.78 is 5.43. The van der Waals surface area contributed by atoms with Crippen molar-refractivity contribution in [2.24, 2.45) is 23.2 Å². The number of carbonyl (C=O) groups excluding carboxylic acids is 1. The van der Waals surface area contributed by atoms with Crippen molar-refractivity contribution < 1.29 is 9.53 Å². The molecule has 3 aliphatic rings. The second kappa shape index (κ2) is 7.31. The number of hydrogen-bond acceptors (Lipinski definition) is 3. The van der Waals surface area contributed by atoms with Gasteiger partial charge in [0.2, 0.25) is 5.91 Å². The van der Waals surface area contributed by atoms with Crippen LogP contribution in [0.4, 0.5) is 0 Å². The molecule has 3 rings (SSSR count). The lowest BCUT2D eigenvalue weighted by molar-refractivity contribution is -0.123. The van der Waals surface area contributed by atoms with Crippen LogP contribution in [-0.2, 0) is 9.53 Å². The average molecular weight is 308 g/mol. The highest BCUT2D eigenvalue weighted by atomic mass is 16.5. The van der Waals surface area contributed by atoms with Crippen LogP contribution in [0.15, 0.2) is 0 Å². The van der Waals surface area contributed by atoms with E-state index in [0.29, 0.717) is 17.7 Å². The van der Waals surface area contributed by atoms with Gasteiger partial charge in [-0.05, 0) is 44.2 Å². The summed E-state index contributed by atoms with van der Waals surface area (Å²) in [5.74, 6) is 2.14. The minimum absolute atomic E-state index is 0.144. The summed E-state index contributed by atoms with van der Waals surface area (Å²) in [5.41, 5.74) is 0.144. The van der Waals surface area contributed by atoms with Crippen LogP contribution >= 0.6 is 0 Å². The fourth-order valence-electron chi connectivity index (χ4n) is 4.64. The standard InChI is InChI=1S/C18H32N2O2/c1-22-13-18(7-9-19-10-8-18)12-20-17(21)16-11-15(16)14-5-3-2-4-6-14/h14-16,19H,2-13H2,1H3,(H,20,21). The zero-order valence-electron chi connectivity index (χ0n) is 14.0. The van der Waals surface area contributed by atoms with Crippen molar-refractivity contribution in [3.63, 3.8) is 0 Å². The summed E-state index contributed by atoms with van der Waals surface area (Å²) in [5, 5.41) is 6.66. The molecule has 2 saturated carbocycles. The van der Waals surface area contributed by atoms with E-state index in [2.05, 4.69) is 10.6 Å². The highest BCUT2D eigenvalue weighted by molar-refractivity contribution is 5.81. The largest absolute Gasteiger partial charge is 0.384 e. The molecular weight excluding hydrogens is 276 g/mol. The maximum atomic E-state index is 12.5. The fourth-order valence-corrected chi connectivity index (χ4v) is 4.64. The van der Waals surface area contributed by atoms with Crippen LogP contribution in [0.5, 0.6) is 0 Å². The Morgan fingerprint density at radius 1 is 1.23 bits per heavy atom. The fraction of sp³-hybridized carbons (Fsp3) is 0.944. The summed E-state index contributed by atoms with van der Waals surface area (Å²) in [6, 6.07) is 0. The Kier molecular flexibility index (Phi) is 5.40. The number of carbonyl (C=O) groups is 1. The van der Waals surface area contributed by atoms with Gasteiger partial charge in [-0.25, -0.2) is 0 Å². The first-order valence-corrected chi connectivity index (χ1v) is 9.21. The molecule has 2 aliphatic carbocycles. The minimum Gasteiger partial charge on any atom is -0.384 e. The SMILES string of the molecule is COCC1(CNC(=O)C2CC2C2CCCCC2)CCNCC1. The van der Waals surface area contributed by atoms with Gasteiger partial charge in [-0.1, -0.05) is 32.1 Å². The first kappa shape index (κ1) is 16.3. The molecule has 2 unspecified atom stereocenters. The molecule has 4 heteroatoms. The van der Waals surface area contributed by atoms with Crippen LogP contribution in [0.25, 0.3) is 0 Å². The Hall–Kier alpha value is -0.610. The summed E-state index contributed by atoms with van der Waals surface area (Å²) in [6.45, 7) is 3.61. The van der Waals surface area contributed by atoms with Crippen molar-refractivity contribution >= 4 is 5.91 Å². The number of hydrogen-bond donors (Lipinski definition) is 2. The van der Waals surface area contributed by atoms with Crippen LogP contribution in [0, 0.1) is 23.2 Å². The average Bonchev–Trinajstić information content (AvgIpc) is 3.36. The van der Waals surface area contributed by atoms with Gasteiger partial charge in [0.05, 0.1) is 6.61 Å². The van der Waals surface area contributed by atoms with E-state index in [9.17, 15) is 4.79 Å². The van der Waals surface area contributed by atoms with Crippen LogP contribution in [0.2, 0.25) is 0 Å². The van der Waals surface area contributed by atoms with Gasteiger partial charge >= 0.3 is 0 Å². The highest BCUT2D eigenvalue weighted by Gasteiger charge is 2.47. The zero-order valence-corrected chi connectivity index (χ0v) is 14.0. The predicted octanol–water partition coefficient (Wildman–Crippen LogP) is 2.34. The van der Waals surface area contributed by atoms with Crippen molar-refractivity contribution in [3.05, 3.63) is 0 Å². The quantitative estimate of drug-likeness (QED) is 0.792. The molecule has 2 atom stereocenters. The molecule has 0 aromatic rings. The predicted molar refractivity (Wildman–Crippen MR) is 87.6 cm³/mol. The first-order chi connectivity index (χ1) is 10.7. The van der Waals surface area contributed by atoms with Gasteiger partial charge in [0.15, 0.2) is 0 Å². The summed E-state index contributed by atoms with van der Waals surface area (Å²) in [7, 11) is 1.77. The van der Waals surface area contributed by atoms with E-state index in [-0.39, 0.29) is 5.41 Å². The maximum Gasteiger partial charge on any atom is 0.223 e. The van der Waals surface area contributed by atoms with Gasteiger partial charge in [-0.2, -0.15) is 0 Å². The number of rotatable bonds is 6. The minimum atomic E-state index is 0.144. The Balaban J connectivity index is 1.45. The lowest BCUT2D eigenvalue weighted by Crippen LogP contribution is -2.47. The van der Waals surface area contributed by atoms with Crippen molar-refractivity contribution in [1.29, 1.82) is 0 Å². The third-order valence-electron chi connectivity index (χ3n) is 6.18. The van der Waals surface area contributed by atoms with Crippen LogP contribution in [-0.4, -0.2) is 39.3 Å². The van der Waals surface area contributed by atoms with Crippen molar-refractivity contribution in [2.45, 2.75) is 51.4 Å². The second-order valence-corrected chi connectivity index (χ2v) is 7.80. The van der Waals surface area contributed by atoms with Gasteiger partial charge in [0.25, 0.3) is 0 Å². The normalized spacial score (nSPS) is 31.7. The molecule has 1 aliphatic heterocycles. The van der Waals surface area contributed by atoms with Gasteiger partial charge in [0, 0.05) is 25.0 Å². The molecule has 0 aromatic heterocycles. The molecule has 1 amide bonds. The molecule has 22 heavy (non-hydrogen) atoms. The maximum absolute atomic E-state index is 12.5.